The van der Waals surface area contributed by atoms with E-state index in [1.165, 1.54) is 34.9 Å². The lowest BCUT2D eigenvalue weighted by molar-refractivity contribution is 0.651. The number of fused-ring (bicyclic) bond motifs is 2. The van der Waals surface area contributed by atoms with Crippen LogP contribution in [0.15, 0.2) is 22.7 Å². The molecule has 2 aliphatic carbocycles. The second-order valence-electron chi connectivity index (χ2n) is 4.27. The van der Waals surface area contributed by atoms with Crippen molar-refractivity contribution in [3.05, 3.63) is 33.8 Å². The molecule has 1 saturated carbocycles. The van der Waals surface area contributed by atoms with E-state index in [9.17, 15) is 0 Å². The molecular weight excluding hydrogens is 226 g/mol. The molecule has 0 aromatic heterocycles. The highest BCUT2D eigenvalue weighted by Gasteiger charge is 2.55. The summed E-state index contributed by atoms with van der Waals surface area (Å²) in [6.45, 7) is 0. The summed E-state index contributed by atoms with van der Waals surface area (Å²) in [4.78, 5) is 0. The summed E-state index contributed by atoms with van der Waals surface area (Å²) in [7, 11) is 0. The zero-order valence-corrected chi connectivity index (χ0v) is 8.97. The Kier molecular flexibility index (Phi) is 1.46. The van der Waals surface area contributed by atoms with Gasteiger partial charge in [0.2, 0.25) is 0 Å². The number of rotatable bonds is 0. The maximum Gasteiger partial charge on any atom is 0.0178 e. The maximum absolute atomic E-state index is 6.00. The average molecular weight is 238 g/mol. The van der Waals surface area contributed by atoms with Gasteiger partial charge >= 0.3 is 0 Å². The topological polar surface area (TPSA) is 26.0 Å². The first-order valence-electron chi connectivity index (χ1n) is 4.77. The zero-order valence-electron chi connectivity index (χ0n) is 7.39. The molecule has 2 N–H and O–H groups in total. The number of benzene rings is 1. The Bertz CT molecular complexity index is 374. The van der Waals surface area contributed by atoms with Gasteiger partial charge in [0.15, 0.2) is 0 Å². The molecule has 1 fully saturated rings. The smallest absolute Gasteiger partial charge is 0.0178 e. The van der Waals surface area contributed by atoms with Gasteiger partial charge in [0, 0.05) is 15.9 Å². The molecule has 0 amide bonds. The second kappa shape index (κ2) is 2.37. The Morgan fingerprint density at radius 2 is 2.23 bits per heavy atom. The van der Waals surface area contributed by atoms with Gasteiger partial charge in [0.1, 0.15) is 0 Å². The Morgan fingerprint density at radius 3 is 2.92 bits per heavy atom. The highest BCUT2D eigenvalue weighted by atomic mass is 79.9. The molecule has 0 radical (unpaired) electrons. The van der Waals surface area contributed by atoms with Gasteiger partial charge in [-0.05, 0) is 42.5 Å². The summed E-state index contributed by atoms with van der Waals surface area (Å²) in [5, 5.41) is 0. The third-order valence-electron chi connectivity index (χ3n) is 3.58. The number of hydrogen-bond acceptors (Lipinski definition) is 1. The third-order valence-corrected chi connectivity index (χ3v) is 4.07. The molecule has 1 aromatic carbocycles. The fourth-order valence-corrected chi connectivity index (χ4v) is 3.09. The van der Waals surface area contributed by atoms with E-state index in [-0.39, 0.29) is 0 Å². The molecule has 13 heavy (non-hydrogen) atoms. The zero-order chi connectivity index (χ0) is 9.05. The lowest BCUT2D eigenvalue weighted by atomic mass is 9.98. The fourth-order valence-electron chi connectivity index (χ4n) is 2.68. The van der Waals surface area contributed by atoms with Crippen molar-refractivity contribution in [2.45, 2.75) is 30.7 Å². The number of hydrogen-bond donors (Lipinski definition) is 1. The van der Waals surface area contributed by atoms with Crippen molar-refractivity contribution in [3.8, 4) is 0 Å². The molecule has 3 rings (SSSR count). The van der Waals surface area contributed by atoms with E-state index in [0.717, 1.165) is 0 Å². The highest BCUT2D eigenvalue weighted by molar-refractivity contribution is 9.10. The molecule has 0 aliphatic heterocycles. The summed E-state index contributed by atoms with van der Waals surface area (Å²) >= 11 is 3.51. The van der Waals surface area contributed by atoms with E-state index in [1.54, 1.807) is 0 Å². The normalized spacial score (nSPS) is 35.1. The Balaban J connectivity index is 2.13. The molecule has 2 aliphatic rings. The van der Waals surface area contributed by atoms with Gasteiger partial charge < -0.3 is 5.73 Å². The van der Waals surface area contributed by atoms with Gasteiger partial charge in [-0.1, -0.05) is 22.0 Å². The van der Waals surface area contributed by atoms with Gasteiger partial charge in [0.05, 0.1) is 0 Å². The van der Waals surface area contributed by atoms with E-state index in [4.69, 9.17) is 5.73 Å². The minimum atomic E-state index is 0.385. The monoisotopic (exact) mass is 237 g/mol. The summed E-state index contributed by atoms with van der Waals surface area (Å²) in [5.41, 5.74) is 9.41. The van der Waals surface area contributed by atoms with Gasteiger partial charge in [-0.3, -0.25) is 0 Å². The molecule has 68 valence electrons. The third kappa shape index (κ3) is 0.960. The fraction of sp³-hybridized carbons (Fsp3) is 0.455. The second-order valence-corrected chi connectivity index (χ2v) is 5.18. The first-order chi connectivity index (χ1) is 6.22. The molecule has 2 heteroatoms. The number of halogens is 1. The number of nitrogens with two attached hydrogens (primary N) is 1. The summed E-state index contributed by atoms with van der Waals surface area (Å²) in [5.74, 6) is 0. The van der Waals surface area contributed by atoms with Crippen molar-refractivity contribution < 1.29 is 0 Å². The van der Waals surface area contributed by atoms with E-state index in [0.29, 0.717) is 11.5 Å². The predicted octanol–water partition coefficient (Wildman–Crippen LogP) is 2.36. The summed E-state index contributed by atoms with van der Waals surface area (Å²) < 4.78 is 1.19. The maximum atomic E-state index is 6.00. The lowest BCUT2D eigenvalue weighted by Crippen LogP contribution is -2.14. The average Bonchev–Trinajstić information content (AvgIpc) is 2.59. The van der Waals surface area contributed by atoms with Crippen molar-refractivity contribution in [3.63, 3.8) is 0 Å². The van der Waals surface area contributed by atoms with Gasteiger partial charge in [-0.15, -0.1) is 0 Å². The van der Waals surface area contributed by atoms with Crippen LogP contribution in [0.3, 0.4) is 0 Å². The van der Waals surface area contributed by atoms with Crippen LogP contribution in [0.25, 0.3) is 0 Å². The minimum Gasteiger partial charge on any atom is -0.327 e. The van der Waals surface area contributed by atoms with Crippen LogP contribution in [0.1, 0.15) is 24.0 Å². The SMILES string of the molecule is N[C@H]1CC12CCc1cc(Br)ccc12. The molecule has 0 bridgehead atoms. The molecule has 1 aromatic rings. The molecule has 1 nitrogen and oxygen atoms in total. The van der Waals surface area contributed by atoms with Gasteiger partial charge in [-0.2, -0.15) is 0 Å². The van der Waals surface area contributed by atoms with Crippen molar-refractivity contribution in [1.29, 1.82) is 0 Å². The summed E-state index contributed by atoms with van der Waals surface area (Å²) in [6, 6.07) is 7.06. The van der Waals surface area contributed by atoms with E-state index in [1.807, 2.05) is 0 Å². The van der Waals surface area contributed by atoms with Crippen LogP contribution in [0, 0.1) is 0 Å². The van der Waals surface area contributed by atoms with E-state index >= 15 is 0 Å². The first kappa shape index (κ1) is 8.01. The van der Waals surface area contributed by atoms with Crippen molar-refractivity contribution >= 4 is 15.9 Å². The number of aryl methyl sites for hydroxylation is 1. The van der Waals surface area contributed by atoms with Gasteiger partial charge in [-0.25, -0.2) is 0 Å². The molecule has 0 saturated heterocycles. The predicted molar refractivity (Wildman–Crippen MR) is 56.7 cm³/mol. The van der Waals surface area contributed by atoms with Crippen LogP contribution in [-0.4, -0.2) is 6.04 Å². The Labute approximate surface area is 86.5 Å². The van der Waals surface area contributed by atoms with Crippen LogP contribution >= 0.6 is 15.9 Å². The van der Waals surface area contributed by atoms with E-state index in [2.05, 4.69) is 34.1 Å². The molecular formula is C11H12BrN. The van der Waals surface area contributed by atoms with Crippen LogP contribution in [-0.2, 0) is 11.8 Å². The highest BCUT2D eigenvalue weighted by Crippen LogP contribution is 2.55. The first-order valence-corrected chi connectivity index (χ1v) is 5.56. The quantitative estimate of drug-likeness (QED) is 0.737. The van der Waals surface area contributed by atoms with Crippen LogP contribution in [0.4, 0.5) is 0 Å². The standard InChI is InChI=1S/C11H12BrN/c12-8-1-2-9-7(5-8)3-4-11(9)6-10(11)13/h1-2,5,10H,3-4,6,13H2/t10-,11?/m0/s1. The molecule has 1 unspecified atom stereocenters. The minimum absolute atomic E-state index is 0.385. The molecule has 0 heterocycles. The Hall–Kier alpha value is -0.340. The van der Waals surface area contributed by atoms with Crippen molar-refractivity contribution in [2.24, 2.45) is 5.73 Å². The summed E-state index contributed by atoms with van der Waals surface area (Å²) in [6.07, 6.45) is 3.67. The molecule has 2 atom stereocenters. The van der Waals surface area contributed by atoms with Crippen molar-refractivity contribution in [1.82, 2.24) is 0 Å². The van der Waals surface area contributed by atoms with Gasteiger partial charge in [0.25, 0.3) is 0 Å². The van der Waals surface area contributed by atoms with Crippen LogP contribution in [0.5, 0.6) is 0 Å². The lowest BCUT2D eigenvalue weighted by Gasteiger charge is -2.08. The molecule has 1 spiro atoms. The Morgan fingerprint density at radius 1 is 1.46 bits per heavy atom. The van der Waals surface area contributed by atoms with E-state index < -0.39 is 0 Å². The largest absolute Gasteiger partial charge is 0.327 e. The van der Waals surface area contributed by atoms with Crippen LogP contribution < -0.4 is 5.73 Å². The van der Waals surface area contributed by atoms with Crippen LogP contribution in [0.2, 0.25) is 0 Å². The van der Waals surface area contributed by atoms with Crippen molar-refractivity contribution in [2.75, 3.05) is 0 Å².